The number of carbonyl (C=O) groups is 1. The molecule has 0 aromatic carbocycles. The van der Waals surface area contributed by atoms with E-state index in [1.807, 2.05) is 32.2 Å². The predicted octanol–water partition coefficient (Wildman–Crippen LogP) is 2.81. The summed E-state index contributed by atoms with van der Waals surface area (Å²) in [6.07, 6.45) is 0. The first-order chi connectivity index (χ1) is 6.38. The average Bonchev–Trinajstić information content (AvgIpc) is 2.46. The third kappa shape index (κ3) is 3.93. The Morgan fingerprint density at radius 2 is 2.21 bits per heavy atom. The highest BCUT2D eigenvalue weighted by molar-refractivity contribution is 14.1. The zero-order valence-electron chi connectivity index (χ0n) is 8.26. The number of thiophene rings is 1. The second kappa shape index (κ2) is 4.59. The zero-order valence-corrected chi connectivity index (χ0v) is 11.2. The van der Waals surface area contributed by atoms with Gasteiger partial charge in [0, 0.05) is 5.38 Å². The van der Waals surface area contributed by atoms with E-state index in [1.54, 1.807) is 0 Å². The van der Waals surface area contributed by atoms with E-state index in [9.17, 15) is 4.79 Å². The van der Waals surface area contributed by atoms with E-state index in [4.69, 9.17) is 4.84 Å². The van der Waals surface area contributed by atoms with Crippen LogP contribution in [0.4, 0.5) is 0 Å². The predicted molar refractivity (Wildman–Crippen MR) is 65.3 cm³/mol. The molecule has 1 aromatic rings. The molecule has 0 saturated carbocycles. The van der Waals surface area contributed by atoms with Gasteiger partial charge in [-0.1, -0.05) is 0 Å². The van der Waals surface area contributed by atoms with E-state index < -0.39 is 0 Å². The molecule has 14 heavy (non-hydrogen) atoms. The molecule has 78 valence electrons. The van der Waals surface area contributed by atoms with Gasteiger partial charge < -0.3 is 0 Å². The molecule has 0 aliphatic heterocycles. The summed E-state index contributed by atoms with van der Waals surface area (Å²) in [5.74, 6) is -0.195. The van der Waals surface area contributed by atoms with Gasteiger partial charge in [-0.2, -0.15) is 0 Å². The number of nitrogens with one attached hydrogen (secondary N) is 1. The van der Waals surface area contributed by atoms with E-state index in [-0.39, 0.29) is 11.5 Å². The lowest BCUT2D eigenvalue weighted by Crippen LogP contribution is -2.33. The fourth-order valence-corrected chi connectivity index (χ4v) is 2.01. The molecule has 0 bridgehead atoms. The van der Waals surface area contributed by atoms with Crippen LogP contribution in [-0.4, -0.2) is 11.5 Å². The maximum atomic E-state index is 11.5. The van der Waals surface area contributed by atoms with Crippen molar-refractivity contribution in [3.05, 3.63) is 19.9 Å². The Morgan fingerprint density at radius 1 is 1.57 bits per heavy atom. The molecule has 0 aliphatic carbocycles. The van der Waals surface area contributed by atoms with Gasteiger partial charge >= 0.3 is 0 Å². The summed E-state index contributed by atoms with van der Waals surface area (Å²) >= 11 is 3.71. The molecule has 1 N–H and O–H groups in total. The van der Waals surface area contributed by atoms with Crippen LogP contribution < -0.4 is 5.48 Å². The van der Waals surface area contributed by atoms with Crippen LogP contribution in [0.5, 0.6) is 0 Å². The molecule has 1 aromatic heterocycles. The van der Waals surface area contributed by atoms with Gasteiger partial charge in [0.05, 0.1) is 14.0 Å². The molecule has 5 heteroatoms. The Morgan fingerprint density at radius 3 is 2.64 bits per heavy atom. The third-order valence-corrected chi connectivity index (χ3v) is 3.07. The van der Waals surface area contributed by atoms with Gasteiger partial charge in [0.1, 0.15) is 0 Å². The van der Waals surface area contributed by atoms with Crippen molar-refractivity contribution in [2.24, 2.45) is 0 Å². The fourth-order valence-electron chi connectivity index (χ4n) is 0.688. The van der Waals surface area contributed by atoms with Crippen molar-refractivity contribution in [2.45, 2.75) is 26.4 Å². The van der Waals surface area contributed by atoms with Crippen molar-refractivity contribution >= 4 is 39.8 Å². The van der Waals surface area contributed by atoms with E-state index in [0.29, 0.717) is 5.56 Å². The molecule has 0 radical (unpaired) electrons. The van der Waals surface area contributed by atoms with Crippen molar-refractivity contribution in [1.82, 2.24) is 5.48 Å². The molecule has 0 unspecified atom stereocenters. The summed E-state index contributed by atoms with van der Waals surface area (Å²) in [5, 5.41) is 1.81. The Balaban J connectivity index is 2.52. The topological polar surface area (TPSA) is 38.3 Å². The molecule has 0 atom stereocenters. The summed E-state index contributed by atoms with van der Waals surface area (Å²) in [7, 11) is 0. The molecule has 1 heterocycles. The summed E-state index contributed by atoms with van der Waals surface area (Å²) in [4.78, 5) is 16.6. The number of hydrogen-bond donors (Lipinski definition) is 1. The minimum absolute atomic E-state index is 0.195. The number of amides is 1. The Bertz CT molecular complexity index is 330. The highest BCUT2D eigenvalue weighted by Crippen LogP contribution is 2.16. The molecule has 0 spiro atoms. The molecule has 0 aliphatic rings. The van der Waals surface area contributed by atoms with Crippen molar-refractivity contribution in [3.63, 3.8) is 0 Å². The molecular formula is C9H12INO2S. The molecule has 3 nitrogen and oxygen atoms in total. The highest BCUT2D eigenvalue weighted by atomic mass is 127. The smallest absolute Gasteiger partial charge is 0.268 e. The lowest BCUT2D eigenvalue weighted by molar-refractivity contribution is -0.0589. The lowest BCUT2D eigenvalue weighted by atomic mass is 10.2. The van der Waals surface area contributed by atoms with Gasteiger partial charge in [0.25, 0.3) is 5.91 Å². The summed E-state index contributed by atoms with van der Waals surface area (Å²) < 4.78 is 1.09. The van der Waals surface area contributed by atoms with Gasteiger partial charge in [-0.15, -0.1) is 11.3 Å². The minimum Gasteiger partial charge on any atom is -0.268 e. The standard InChI is InChI=1S/C9H12INO2S/c1-9(2,3)13-11-8(12)6-4-7(10)14-5-6/h4-5H,1-3H3,(H,11,12). The first kappa shape index (κ1) is 11.9. The van der Waals surface area contributed by atoms with Crippen LogP contribution in [0.1, 0.15) is 31.1 Å². The van der Waals surface area contributed by atoms with Gasteiger partial charge in [-0.05, 0) is 49.4 Å². The Kier molecular flexibility index (Phi) is 3.91. The second-order valence-electron chi connectivity index (χ2n) is 3.79. The van der Waals surface area contributed by atoms with Crippen molar-refractivity contribution in [3.8, 4) is 0 Å². The maximum Gasteiger partial charge on any atom is 0.275 e. The minimum atomic E-state index is -0.362. The molecular weight excluding hydrogens is 313 g/mol. The molecule has 0 fully saturated rings. The number of rotatable bonds is 2. The third-order valence-electron chi connectivity index (χ3n) is 1.28. The van der Waals surface area contributed by atoms with Crippen LogP contribution in [0, 0.1) is 2.88 Å². The monoisotopic (exact) mass is 325 g/mol. The number of halogens is 1. The second-order valence-corrected chi connectivity index (χ2v) is 6.59. The van der Waals surface area contributed by atoms with Crippen molar-refractivity contribution < 1.29 is 9.63 Å². The van der Waals surface area contributed by atoms with Crippen LogP contribution in [-0.2, 0) is 4.84 Å². The molecule has 0 saturated heterocycles. The lowest BCUT2D eigenvalue weighted by Gasteiger charge is -2.18. The average molecular weight is 325 g/mol. The molecule has 1 rings (SSSR count). The fraction of sp³-hybridized carbons (Fsp3) is 0.444. The zero-order chi connectivity index (χ0) is 10.8. The van der Waals surface area contributed by atoms with Gasteiger partial charge in [0.15, 0.2) is 0 Å². The largest absolute Gasteiger partial charge is 0.275 e. The number of hydrogen-bond acceptors (Lipinski definition) is 3. The van der Waals surface area contributed by atoms with E-state index >= 15 is 0 Å². The quantitative estimate of drug-likeness (QED) is 0.671. The van der Waals surface area contributed by atoms with Gasteiger partial charge in [-0.3, -0.25) is 9.63 Å². The summed E-state index contributed by atoms with van der Waals surface area (Å²) in [5.41, 5.74) is 2.70. The van der Waals surface area contributed by atoms with Crippen molar-refractivity contribution in [1.29, 1.82) is 0 Å². The first-order valence-electron chi connectivity index (χ1n) is 4.11. The Labute approximate surface area is 101 Å². The van der Waals surface area contributed by atoms with Crippen LogP contribution in [0.25, 0.3) is 0 Å². The van der Waals surface area contributed by atoms with Crippen molar-refractivity contribution in [2.75, 3.05) is 0 Å². The summed E-state index contributed by atoms with van der Waals surface area (Å²) in [6.45, 7) is 5.64. The van der Waals surface area contributed by atoms with Crippen LogP contribution in [0.15, 0.2) is 11.4 Å². The van der Waals surface area contributed by atoms with Crippen LogP contribution in [0.3, 0.4) is 0 Å². The summed E-state index contributed by atoms with van der Waals surface area (Å²) in [6, 6.07) is 1.83. The Hall–Kier alpha value is -0.140. The first-order valence-corrected chi connectivity index (χ1v) is 6.07. The number of carbonyl (C=O) groups excluding carboxylic acids is 1. The maximum absolute atomic E-state index is 11.5. The SMILES string of the molecule is CC(C)(C)ONC(=O)c1csc(I)c1. The van der Waals surface area contributed by atoms with Crippen LogP contribution >= 0.6 is 33.9 Å². The van der Waals surface area contributed by atoms with Gasteiger partial charge in [0.2, 0.25) is 0 Å². The van der Waals surface area contributed by atoms with E-state index in [2.05, 4.69) is 28.1 Å². The number of hydroxylamine groups is 1. The van der Waals surface area contributed by atoms with E-state index in [0.717, 1.165) is 2.88 Å². The normalized spacial score (nSPS) is 11.4. The highest BCUT2D eigenvalue weighted by Gasteiger charge is 2.14. The van der Waals surface area contributed by atoms with Gasteiger partial charge in [-0.25, -0.2) is 5.48 Å². The van der Waals surface area contributed by atoms with E-state index in [1.165, 1.54) is 11.3 Å². The van der Waals surface area contributed by atoms with Crippen LogP contribution in [0.2, 0.25) is 0 Å². The molecule has 1 amide bonds.